The maximum absolute atomic E-state index is 13.5. The van der Waals surface area contributed by atoms with Gasteiger partial charge in [0.05, 0.1) is 10.9 Å². The molecule has 7 heteroatoms. The number of benzene rings is 1. The number of anilines is 1. The zero-order chi connectivity index (χ0) is 20.8. The molecule has 1 aliphatic carbocycles. The van der Waals surface area contributed by atoms with Crippen LogP contribution in [0.3, 0.4) is 0 Å². The van der Waals surface area contributed by atoms with Crippen molar-refractivity contribution in [3.05, 3.63) is 34.4 Å². The third-order valence-corrected chi connectivity index (χ3v) is 6.65. The topological polar surface area (TPSA) is 70.5 Å². The number of carbonyl (C=O) groups excluding carboxylic acids is 1. The zero-order valence-electron chi connectivity index (χ0n) is 17.9. The van der Waals surface area contributed by atoms with Crippen molar-refractivity contribution in [3.8, 4) is 0 Å². The van der Waals surface area contributed by atoms with E-state index in [-0.39, 0.29) is 24.1 Å². The molecule has 3 aliphatic heterocycles. The molecule has 1 aromatic carbocycles. The van der Waals surface area contributed by atoms with Gasteiger partial charge in [-0.1, -0.05) is 0 Å². The fourth-order valence-electron chi connectivity index (χ4n) is 4.95. The van der Waals surface area contributed by atoms with Gasteiger partial charge in [-0.2, -0.15) is 0 Å². The summed E-state index contributed by atoms with van der Waals surface area (Å²) in [5.41, 5.74) is 1.76. The molecule has 2 bridgehead atoms. The van der Waals surface area contributed by atoms with E-state index in [4.69, 9.17) is 4.98 Å². The van der Waals surface area contributed by atoms with E-state index in [1.54, 1.807) is 4.57 Å². The molecule has 6 rings (SSSR count). The Morgan fingerprint density at radius 1 is 1.13 bits per heavy atom. The molecule has 2 aromatic rings. The molecular weight excluding hydrogens is 378 g/mol. The van der Waals surface area contributed by atoms with Crippen LogP contribution >= 0.6 is 0 Å². The van der Waals surface area contributed by atoms with Crippen molar-refractivity contribution in [2.24, 2.45) is 0 Å². The van der Waals surface area contributed by atoms with E-state index in [1.807, 2.05) is 26.0 Å². The maximum atomic E-state index is 13.5. The van der Waals surface area contributed by atoms with Gasteiger partial charge < -0.3 is 15.1 Å². The molecule has 0 radical (unpaired) electrons. The third-order valence-electron chi connectivity index (χ3n) is 6.65. The van der Waals surface area contributed by atoms with Crippen molar-refractivity contribution in [1.29, 1.82) is 0 Å². The van der Waals surface area contributed by atoms with Crippen LogP contribution in [-0.4, -0.2) is 58.6 Å². The molecule has 7 nitrogen and oxygen atoms in total. The normalized spacial score (nSPS) is 23.8. The van der Waals surface area contributed by atoms with Crippen LogP contribution in [0.5, 0.6) is 0 Å². The number of hydrogen-bond donors (Lipinski definition) is 1. The lowest BCUT2D eigenvalue weighted by atomic mass is 10.0. The van der Waals surface area contributed by atoms with Gasteiger partial charge >= 0.3 is 0 Å². The third kappa shape index (κ3) is 3.71. The van der Waals surface area contributed by atoms with Gasteiger partial charge in [-0.15, -0.1) is 0 Å². The van der Waals surface area contributed by atoms with E-state index in [9.17, 15) is 9.59 Å². The number of amides is 1. The number of aromatic nitrogens is 2. The molecule has 4 fully saturated rings. The van der Waals surface area contributed by atoms with E-state index in [2.05, 4.69) is 21.2 Å². The van der Waals surface area contributed by atoms with Gasteiger partial charge in [0.25, 0.3) is 5.56 Å². The van der Waals surface area contributed by atoms with Crippen LogP contribution in [0, 0.1) is 0 Å². The van der Waals surface area contributed by atoms with Crippen molar-refractivity contribution in [1.82, 2.24) is 19.8 Å². The second kappa shape index (κ2) is 7.69. The summed E-state index contributed by atoms with van der Waals surface area (Å²) >= 11 is 0. The average Bonchev–Trinajstić information content (AvgIpc) is 3.57. The molecule has 0 spiro atoms. The smallest absolute Gasteiger partial charge is 0.261 e. The molecule has 3 saturated heterocycles. The molecule has 4 aliphatic rings. The summed E-state index contributed by atoms with van der Waals surface area (Å²) in [4.78, 5) is 35.8. The molecule has 160 valence electrons. The first kappa shape index (κ1) is 19.5. The van der Waals surface area contributed by atoms with Crippen LogP contribution in [0.4, 0.5) is 5.69 Å². The summed E-state index contributed by atoms with van der Waals surface area (Å²) in [6, 6.07) is 6.71. The Bertz CT molecular complexity index is 1020. The lowest BCUT2D eigenvalue weighted by Gasteiger charge is -2.33. The van der Waals surface area contributed by atoms with Gasteiger partial charge in [0.1, 0.15) is 12.4 Å². The molecule has 0 atom stereocenters. The number of nitrogens with zero attached hydrogens (tertiary/aromatic N) is 4. The molecule has 30 heavy (non-hydrogen) atoms. The van der Waals surface area contributed by atoms with Crippen LogP contribution in [0.15, 0.2) is 23.0 Å². The summed E-state index contributed by atoms with van der Waals surface area (Å²) in [5.74, 6) is 0.925. The van der Waals surface area contributed by atoms with E-state index in [0.717, 1.165) is 43.0 Å². The Kier molecular flexibility index (Phi) is 5.01. The van der Waals surface area contributed by atoms with E-state index in [0.29, 0.717) is 17.3 Å². The van der Waals surface area contributed by atoms with Gasteiger partial charge in [0.2, 0.25) is 5.91 Å². The van der Waals surface area contributed by atoms with Gasteiger partial charge in [-0.3, -0.25) is 14.2 Å². The van der Waals surface area contributed by atoms with Crippen LogP contribution in [-0.2, 0) is 11.3 Å². The Labute approximate surface area is 177 Å². The molecule has 1 aromatic heterocycles. The fourth-order valence-corrected chi connectivity index (χ4v) is 4.95. The highest BCUT2D eigenvalue weighted by Gasteiger charge is 2.31. The van der Waals surface area contributed by atoms with Crippen LogP contribution in [0.25, 0.3) is 10.9 Å². The number of piperidine rings is 1. The predicted molar refractivity (Wildman–Crippen MR) is 118 cm³/mol. The van der Waals surface area contributed by atoms with Crippen molar-refractivity contribution in [2.75, 3.05) is 31.1 Å². The summed E-state index contributed by atoms with van der Waals surface area (Å²) in [7, 11) is 0. The first-order valence-corrected chi connectivity index (χ1v) is 11.3. The monoisotopic (exact) mass is 409 g/mol. The highest BCUT2D eigenvalue weighted by atomic mass is 16.2. The predicted octanol–water partition coefficient (Wildman–Crippen LogP) is 2.08. The van der Waals surface area contributed by atoms with E-state index >= 15 is 0 Å². The van der Waals surface area contributed by atoms with Gasteiger partial charge in [-0.25, -0.2) is 4.98 Å². The SMILES string of the molecule is CC(C)NC(=O)Cn1c(C2CC2)nc2ccc(N3CCN4CCC3CC4)cc2c1=O. The van der Waals surface area contributed by atoms with Crippen LogP contribution in [0.1, 0.15) is 51.3 Å². The van der Waals surface area contributed by atoms with Gasteiger partial charge in [-0.05, 0) is 57.7 Å². The Hall–Kier alpha value is -2.41. The minimum Gasteiger partial charge on any atom is -0.367 e. The number of rotatable bonds is 5. The second-order valence-corrected chi connectivity index (χ2v) is 9.33. The van der Waals surface area contributed by atoms with Gasteiger partial charge in [0.15, 0.2) is 0 Å². The lowest BCUT2D eigenvalue weighted by Crippen LogP contribution is -2.38. The minimum absolute atomic E-state index is 0.0390. The molecule has 1 N–H and O–H groups in total. The van der Waals surface area contributed by atoms with Crippen molar-refractivity contribution in [2.45, 2.75) is 64.1 Å². The average molecular weight is 410 g/mol. The number of carbonyl (C=O) groups is 1. The molecule has 4 heterocycles. The summed E-state index contributed by atoms with van der Waals surface area (Å²) in [6.07, 6.45) is 4.43. The highest BCUT2D eigenvalue weighted by Crippen LogP contribution is 2.39. The van der Waals surface area contributed by atoms with Crippen LogP contribution in [0.2, 0.25) is 0 Å². The molecular formula is C23H31N5O2. The summed E-state index contributed by atoms with van der Waals surface area (Å²) < 4.78 is 1.61. The first-order valence-electron chi connectivity index (χ1n) is 11.3. The van der Waals surface area contributed by atoms with E-state index < -0.39 is 0 Å². The molecule has 1 amide bonds. The summed E-state index contributed by atoms with van der Waals surface area (Å²) in [5, 5.41) is 3.52. The van der Waals surface area contributed by atoms with Crippen molar-refractivity contribution in [3.63, 3.8) is 0 Å². The number of fused-ring (bicyclic) bond motifs is 5. The van der Waals surface area contributed by atoms with Crippen LogP contribution < -0.4 is 15.8 Å². The minimum atomic E-state index is -0.134. The lowest BCUT2D eigenvalue weighted by molar-refractivity contribution is -0.122. The molecule has 1 saturated carbocycles. The van der Waals surface area contributed by atoms with Crippen molar-refractivity contribution >= 4 is 22.5 Å². The maximum Gasteiger partial charge on any atom is 0.261 e. The Morgan fingerprint density at radius 2 is 1.90 bits per heavy atom. The second-order valence-electron chi connectivity index (χ2n) is 9.33. The quantitative estimate of drug-likeness (QED) is 0.819. The van der Waals surface area contributed by atoms with E-state index in [1.165, 1.54) is 25.9 Å². The number of nitrogens with one attached hydrogen (secondary N) is 1. The van der Waals surface area contributed by atoms with Crippen molar-refractivity contribution < 1.29 is 4.79 Å². The fraction of sp³-hybridized carbons (Fsp3) is 0.609. The standard InChI is InChI=1S/C23H31N5O2/c1-15(2)24-21(29)14-28-22(16-3-4-16)25-20-6-5-18(13-19(20)23(28)30)27-12-11-26-9-7-17(27)8-10-26/h5-6,13,15-17H,3-4,7-12,14H2,1-2H3,(H,24,29). The largest absolute Gasteiger partial charge is 0.367 e. The summed E-state index contributed by atoms with van der Waals surface area (Å²) in [6.45, 7) is 8.30. The van der Waals surface area contributed by atoms with Gasteiger partial charge in [0, 0.05) is 49.9 Å². The highest BCUT2D eigenvalue weighted by molar-refractivity contribution is 5.83. The number of hydrogen-bond acceptors (Lipinski definition) is 5. The Balaban J connectivity index is 1.54. The Morgan fingerprint density at radius 3 is 2.60 bits per heavy atom. The first-order chi connectivity index (χ1) is 14.5. The molecule has 0 unspecified atom stereocenters. The zero-order valence-corrected chi connectivity index (χ0v) is 17.9.